The number of ether oxygens (including phenoxy) is 1. The molecule has 2 amide bonds. The summed E-state index contributed by atoms with van der Waals surface area (Å²) in [7, 11) is 0. The van der Waals surface area contributed by atoms with E-state index in [1.807, 2.05) is 41.6 Å². The Bertz CT molecular complexity index is 867. The van der Waals surface area contributed by atoms with Crippen molar-refractivity contribution in [3.05, 3.63) is 47.8 Å². The molecule has 166 valence electrons. The van der Waals surface area contributed by atoms with Gasteiger partial charge in [0.05, 0.1) is 18.4 Å². The Hall–Kier alpha value is -2.83. The highest BCUT2D eigenvalue weighted by atomic mass is 16.5. The van der Waals surface area contributed by atoms with E-state index in [1.54, 1.807) is 0 Å². The Labute approximate surface area is 183 Å². The molecule has 1 saturated heterocycles. The molecule has 2 aromatic rings. The van der Waals surface area contributed by atoms with Gasteiger partial charge in [0.15, 0.2) is 0 Å². The molecule has 2 aliphatic heterocycles. The highest BCUT2D eigenvalue weighted by Gasteiger charge is 2.32. The number of piperidine rings is 1. The molecule has 1 aromatic heterocycles. The zero-order valence-corrected chi connectivity index (χ0v) is 18.0. The van der Waals surface area contributed by atoms with E-state index in [2.05, 4.69) is 15.5 Å². The number of likely N-dealkylation sites (tertiary alicyclic amines) is 1. The molecule has 0 saturated carbocycles. The van der Waals surface area contributed by atoms with E-state index < -0.39 is 0 Å². The first-order valence-corrected chi connectivity index (χ1v) is 11.5. The van der Waals surface area contributed by atoms with Gasteiger partial charge in [-0.2, -0.15) is 5.10 Å². The van der Waals surface area contributed by atoms with Crippen LogP contribution in [0.3, 0.4) is 0 Å². The van der Waals surface area contributed by atoms with Gasteiger partial charge in [0.25, 0.3) is 5.91 Å². The van der Waals surface area contributed by atoms with Crippen LogP contribution in [-0.4, -0.2) is 52.6 Å². The lowest BCUT2D eigenvalue weighted by atomic mass is 9.87. The number of aryl methyl sites for hydroxylation is 1. The van der Waals surface area contributed by atoms with Crippen molar-refractivity contribution in [2.24, 2.45) is 5.92 Å². The minimum Gasteiger partial charge on any atom is -0.493 e. The molecule has 4 rings (SSSR count). The number of amides is 2. The second kappa shape index (κ2) is 10.5. The molecule has 0 aliphatic carbocycles. The predicted octanol–water partition coefficient (Wildman–Crippen LogP) is 3.33. The Morgan fingerprint density at radius 1 is 1.19 bits per heavy atom. The molecule has 31 heavy (non-hydrogen) atoms. The van der Waals surface area contributed by atoms with Gasteiger partial charge in [-0.05, 0) is 55.7 Å². The van der Waals surface area contributed by atoms with Crippen molar-refractivity contribution in [1.29, 1.82) is 0 Å². The maximum Gasteiger partial charge on any atom is 0.255 e. The Morgan fingerprint density at radius 2 is 2.10 bits per heavy atom. The zero-order valence-electron chi connectivity index (χ0n) is 18.0. The number of aromatic amines is 1. The molecule has 2 atom stereocenters. The van der Waals surface area contributed by atoms with E-state index in [9.17, 15) is 9.59 Å². The van der Waals surface area contributed by atoms with Crippen molar-refractivity contribution in [1.82, 2.24) is 20.4 Å². The molecule has 0 spiro atoms. The van der Waals surface area contributed by atoms with Crippen LogP contribution < -0.4 is 10.1 Å². The van der Waals surface area contributed by atoms with Gasteiger partial charge >= 0.3 is 0 Å². The van der Waals surface area contributed by atoms with Crippen LogP contribution in [0.5, 0.6) is 5.75 Å². The van der Waals surface area contributed by atoms with Crippen molar-refractivity contribution >= 4 is 11.8 Å². The largest absolute Gasteiger partial charge is 0.493 e. The van der Waals surface area contributed by atoms with Gasteiger partial charge in [0.1, 0.15) is 5.75 Å². The molecule has 0 radical (unpaired) electrons. The normalized spacial score (nSPS) is 22.2. The fraction of sp³-hybridized carbons (Fsp3) is 0.542. The smallest absolute Gasteiger partial charge is 0.255 e. The summed E-state index contributed by atoms with van der Waals surface area (Å²) < 4.78 is 5.86. The van der Waals surface area contributed by atoms with Gasteiger partial charge in [-0.15, -0.1) is 0 Å². The number of fused-ring (bicyclic) bond motifs is 2. The number of nitrogens with one attached hydrogen (secondary N) is 2. The first kappa shape index (κ1) is 21.4. The Morgan fingerprint density at radius 3 is 2.97 bits per heavy atom. The van der Waals surface area contributed by atoms with E-state index in [4.69, 9.17) is 4.74 Å². The average molecular weight is 425 g/mol. The molecule has 0 unspecified atom stereocenters. The molecule has 1 aromatic carbocycles. The minimum atomic E-state index is -0.0777. The van der Waals surface area contributed by atoms with Crippen LogP contribution in [0.15, 0.2) is 36.7 Å². The highest BCUT2D eigenvalue weighted by Crippen LogP contribution is 2.26. The first-order valence-electron chi connectivity index (χ1n) is 11.5. The number of carbonyl (C=O) groups excluding carboxylic acids is 2. The zero-order chi connectivity index (χ0) is 21.5. The standard InChI is InChI=1S/C24H32N4O3/c29-23(11-6-7-18-15-25-26-16-18)28-13-12-21-19(17-28)8-2-1-5-14-31-22-10-4-3-9-20(22)24(30)27-21/h3-4,9-10,15-16,19,21H,1-2,5-8,11-14,17H2,(H,25,26)(H,27,30)/t19-,21+/m0/s1. The van der Waals surface area contributed by atoms with Gasteiger partial charge in [-0.1, -0.05) is 25.0 Å². The van der Waals surface area contributed by atoms with E-state index in [1.165, 1.54) is 0 Å². The monoisotopic (exact) mass is 424 g/mol. The van der Waals surface area contributed by atoms with Crippen LogP contribution in [0.4, 0.5) is 0 Å². The fourth-order valence-electron chi connectivity index (χ4n) is 4.65. The quantitative estimate of drug-likeness (QED) is 0.788. The third kappa shape index (κ3) is 5.66. The van der Waals surface area contributed by atoms with E-state index in [0.29, 0.717) is 36.8 Å². The van der Waals surface area contributed by atoms with E-state index in [0.717, 1.165) is 57.1 Å². The molecular weight excluding hydrogens is 392 g/mol. The second-order valence-electron chi connectivity index (χ2n) is 8.62. The summed E-state index contributed by atoms with van der Waals surface area (Å²) in [5, 5.41) is 10.0. The van der Waals surface area contributed by atoms with Gasteiger partial charge in [0.2, 0.25) is 5.91 Å². The number of hydrogen-bond donors (Lipinski definition) is 2. The third-order valence-electron chi connectivity index (χ3n) is 6.42. The third-order valence-corrected chi connectivity index (χ3v) is 6.42. The molecule has 0 bridgehead atoms. The maximum absolute atomic E-state index is 13.0. The summed E-state index contributed by atoms with van der Waals surface area (Å²) in [6.07, 6.45) is 10.9. The topological polar surface area (TPSA) is 87.3 Å². The number of H-pyrrole nitrogens is 1. The number of hydrogen-bond acceptors (Lipinski definition) is 4. The van der Waals surface area contributed by atoms with Crippen LogP contribution in [0.25, 0.3) is 0 Å². The Balaban J connectivity index is 1.37. The van der Waals surface area contributed by atoms with Crippen LogP contribution >= 0.6 is 0 Å². The summed E-state index contributed by atoms with van der Waals surface area (Å²) in [5.74, 6) is 1.09. The Kier molecular flexibility index (Phi) is 7.22. The van der Waals surface area contributed by atoms with E-state index >= 15 is 0 Å². The van der Waals surface area contributed by atoms with Gasteiger partial charge in [-0.25, -0.2) is 0 Å². The number of aromatic nitrogens is 2. The van der Waals surface area contributed by atoms with Gasteiger partial charge in [0, 0.05) is 31.7 Å². The lowest BCUT2D eigenvalue weighted by Gasteiger charge is -2.39. The summed E-state index contributed by atoms with van der Waals surface area (Å²) in [6, 6.07) is 7.55. The molecule has 2 N–H and O–H groups in total. The average Bonchev–Trinajstić information content (AvgIpc) is 3.30. The summed E-state index contributed by atoms with van der Waals surface area (Å²) in [6.45, 7) is 2.05. The van der Waals surface area contributed by atoms with Crippen LogP contribution in [-0.2, 0) is 11.2 Å². The summed E-state index contributed by atoms with van der Waals surface area (Å²) in [5.41, 5.74) is 1.73. The lowest BCUT2D eigenvalue weighted by Crippen LogP contribution is -2.52. The molecular formula is C24H32N4O3. The predicted molar refractivity (Wildman–Crippen MR) is 118 cm³/mol. The summed E-state index contributed by atoms with van der Waals surface area (Å²) >= 11 is 0. The first-order chi connectivity index (χ1) is 15.2. The summed E-state index contributed by atoms with van der Waals surface area (Å²) in [4.78, 5) is 27.8. The maximum atomic E-state index is 13.0. The fourth-order valence-corrected chi connectivity index (χ4v) is 4.65. The molecule has 7 nitrogen and oxygen atoms in total. The van der Waals surface area contributed by atoms with Crippen molar-refractivity contribution in [2.45, 2.75) is 57.4 Å². The molecule has 2 aliphatic rings. The van der Waals surface area contributed by atoms with Crippen LogP contribution in [0, 0.1) is 5.92 Å². The van der Waals surface area contributed by atoms with E-state index in [-0.39, 0.29) is 17.9 Å². The van der Waals surface area contributed by atoms with Crippen LogP contribution in [0.1, 0.15) is 60.9 Å². The molecule has 7 heteroatoms. The SMILES string of the molecule is O=C1N[C@@H]2CCN(C(=O)CCCc3cn[nH]c3)C[C@@H]2CCCCCOc2ccccc21. The lowest BCUT2D eigenvalue weighted by molar-refractivity contribution is -0.133. The number of nitrogens with zero attached hydrogens (tertiary/aromatic N) is 2. The van der Waals surface area contributed by atoms with Crippen molar-refractivity contribution in [3.63, 3.8) is 0 Å². The number of benzene rings is 1. The van der Waals surface area contributed by atoms with Crippen molar-refractivity contribution in [2.75, 3.05) is 19.7 Å². The van der Waals surface area contributed by atoms with Crippen LogP contribution in [0.2, 0.25) is 0 Å². The number of para-hydroxylation sites is 1. The molecule has 1 fully saturated rings. The van der Waals surface area contributed by atoms with Crippen molar-refractivity contribution in [3.8, 4) is 5.75 Å². The number of rotatable bonds is 4. The van der Waals surface area contributed by atoms with Gasteiger partial charge < -0.3 is 15.0 Å². The number of carbonyl (C=O) groups is 2. The molecule has 3 heterocycles. The second-order valence-corrected chi connectivity index (χ2v) is 8.62. The van der Waals surface area contributed by atoms with Crippen molar-refractivity contribution < 1.29 is 14.3 Å². The highest BCUT2D eigenvalue weighted by molar-refractivity contribution is 5.97. The minimum absolute atomic E-state index is 0.0777. The van der Waals surface area contributed by atoms with Gasteiger partial charge in [-0.3, -0.25) is 14.7 Å².